The minimum absolute atomic E-state index is 0.544. The first kappa shape index (κ1) is 20.2. The van der Waals surface area contributed by atoms with Gasteiger partial charge in [0, 0.05) is 36.8 Å². The second kappa shape index (κ2) is 10.8. The molecule has 0 radical (unpaired) electrons. The highest BCUT2D eigenvalue weighted by molar-refractivity contribution is 7.11. The Morgan fingerprint density at radius 1 is 1.19 bits per heavy atom. The average molecular weight is 377 g/mol. The van der Waals surface area contributed by atoms with E-state index in [9.17, 15) is 0 Å². The molecule has 1 aromatic heterocycles. The summed E-state index contributed by atoms with van der Waals surface area (Å²) in [5.74, 6) is 1.63. The highest BCUT2D eigenvalue weighted by Crippen LogP contribution is 2.20. The van der Waals surface area contributed by atoms with Crippen molar-refractivity contribution in [2.24, 2.45) is 4.99 Å². The maximum Gasteiger partial charge on any atom is 0.191 e. The molecule has 0 aliphatic heterocycles. The summed E-state index contributed by atoms with van der Waals surface area (Å²) in [5.41, 5.74) is 2.26. The first-order valence-electron chi connectivity index (χ1n) is 8.78. The fourth-order valence-electron chi connectivity index (χ4n) is 2.35. The van der Waals surface area contributed by atoms with Crippen molar-refractivity contribution in [3.05, 3.63) is 45.4 Å². The van der Waals surface area contributed by atoms with Crippen molar-refractivity contribution in [3.8, 4) is 5.75 Å². The number of benzene rings is 1. The second-order valence-corrected chi connectivity index (χ2v) is 7.10. The summed E-state index contributed by atoms with van der Waals surface area (Å²) >= 11 is 1.68. The molecular weight excluding hydrogens is 348 g/mol. The first-order valence-corrected chi connectivity index (χ1v) is 9.60. The van der Waals surface area contributed by atoms with Gasteiger partial charge in [0.25, 0.3) is 0 Å². The van der Waals surface area contributed by atoms with E-state index >= 15 is 0 Å². The predicted octanol–water partition coefficient (Wildman–Crippen LogP) is 3.04. The van der Waals surface area contributed by atoms with Crippen LogP contribution in [-0.2, 0) is 17.8 Å². The standard InChI is InChI=1S/C19H28N4O2S/c1-5-24-8-9-25-18-10-14(2)6-7-16(18)11-22-19(20-4)23-13-17-12-21-15(3)26-17/h6-7,10,12H,5,8-9,11,13H2,1-4H3,(H2,20,22,23). The third-order valence-corrected chi connectivity index (χ3v) is 4.59. The maximum atomic E-state index is 5.89. The van der Waals surface area contributed by atoms with Crippen molar-refractivity contribution in [1.29, 1.82) is 0 Å². The number of hydrogen-bond donors (Lipinski definition) is 2. The van der Waals surface area contributed by atoms with E-state index in [1.807, 2.05) is 20.0 Å². The van der Waals surface area contributed by atoms with Crippen LogP contribution in [0.4, 0.5) is 0 Å². The number of guanidine groups is 1. The van der Waals surface area contributed by atoms with E-state index in [0.29, 0.717) is 32.9 Å². The van der Waals surface area contributed by atoms with E-state index in [1.54, 1.807) is 18.4 Å². The lowest BCUT2D eigenvalue weighted by molar-refractivity contribution is 0.110. The van der Waals surface area contributed by atoms with E-state index in [0.717, 1.165) is 22.3 Å². The Hall–Kier alpha value is -2.12. The van der Waals surface area contributed by atoms with E-state index < -0.39 is 0 Å². The lowest BCUT2D eigenvalue weighted by Crippen LogP contribution is -2.36. The van der Waals surface area contributed by atoms with Crippen LogP contribution < -0.4 is 15.4 Å². The van der Waals surface area contributed by atoms with Crippen LogP contribution in [0, 0.1) is 13.8 Å². The molecule has 0 aliphatic carbocycles. The topological polar surface area (TPSA) is 67.8 Å². The molecule has 0 unspecified atom stereocenters. The molecule has 142 valence electrons. The largest absolute Gasteiger partial charge is 0.491 e. The lowest BCUT2D eigenvalue weighted by Gasteiger charge is -2.15. The predicted molar refractivity (Wildman–Crippen MR) is 107 cm³/mol. The highest BCUT2D eigenvalue weighted by Gasteiger charge is 2.07. The molecule has 0 amide bonds. The monoisotopic (exact) mass is 376 g/mol. The molecule has 0 saturated carbocycles. The van der Waals surface area contributed by atoms with Crippen molar-refractivity contribution >= 4 is 17.3 Å². The molecular formula is C19H28N4O2S. The molecule has 26 heavy (non-hydrogen) atoms. The van der Waals surface area contributed by atoms with Crippen molar-refractivity contribution in [1.82, 2.24) is 15.6 Å². The third kappa shape index (κ3) is 6.65. The summed E-state index contributed by atoms with van der Waals surface area (Å²) in [4.78, 5) is 9.72. The number of thiazole rings is 1. The van der Waals surface area contributed by atoms with Crippen molar-refractivity contribution in [2.45, 2.75) is 33.9 Å². The quantitative estimate of drug-likeness (QED) is 0.400. The number of nitrogens with one attached hydrogen (secondary N) is 2. The number of rotatable bonds is 9. The van der Waals surface area contributed by atoms with E-state index in [1.165, 1.54) is 10.4 Å². The maximum absolute atomic E-state index is 5.89. The molecule has 0 saturated heterocycles. The number of aryl methyl sites for hydroxylation is 2. The van der Waals surface area contributed by atoms with Crippen molar-refractivity contribution < 1.29 is 9.47 Å². The molecule has 1 heterocycles. The summed E-state index contributed by atoms with van der Waals surface area (Å²) in [6.07, 6.45) is 1.89. The van der Waals surface area contributed by atoms with Crippen LogP contribution in [-0.4, -0.2) is 37.8 Å². The molecule has 2 rings (SSSR count). The van der Waals surface area contributed by atoms with Gasteiger partial charge in [-0.05, 0) is 32.4 Å². The van der Waals surface area contributed by atoms with Gasteiger partial charge in [-0.25, -0.2) is 4.98 Å². The van der Waals surface area contributed by atoms with E-state index in [4.69, 9.17) is 9.47 Å². The molecule has 0 fully saturated rings. The normalized spacial score (nSPS) is 11.5. The van der Waals surface area contributed by atoms with Gasteiger partial charge in [-0.3, -0.25) is 4.99 Å². The van der Waals surface area contributed by atoms with Gasteiger partial charge in [-0.2, -0.15) is 0 Å². The number of hydrogen-bond acceptors (Lipinski definition) is 5. The molecule has 1 aromatic carbocycles. The second-order valence-electron chi connectivity index (χ2n) is 5.78. The summed E-state index contributed by atoms with van der Waals surface area (Å²) in [6.45, 7) is 9.22. The average Bonchev–Trinajstić information content (AvgIpc) is 3.05. The SMILES string of the molecule is CCOCCOc1cc(C)ccc1CNC(=NC)NCc1cnc(C)s1. The van der Waals surface area contributed by atoms with Crippen LogP contribution in [0.2, 0.25) is 0 Å². The molecule has 0 aliphatic rings. The lowest BCUT2D eigenvalue weighted by atomic mass is 10.1. The smallest absolute Gasteiger partial charge is 0.191 e. The van der Waals surface area contributed by atoms with Crippen LogP contribution in [0.3, 0.4) is 0 Å². The number of ether oxygens (including phenoxy) is 2. The highest BCUT2D eigenvalue weighted by atomic mass is 32.1. The van der Waals surface area contributed by atoms with Crippen molar-refractivity contribution in [3.63, 3.8) is 0 Å². The van der Waals surface area contributed by atoms with E-state index in [2.05, 4.69) is 45.7 Å². The molecule has 0 bridgehead atoms. The Bertz CT molecular complexity index is 715. The minimum atomic E-state index is 0.544. The Kier molecular flexibility index (Phi) is 8.37. The number of nitrogens with zero attached hydrogens (tertiary/aromatic N) is 2. The van der Waals surface area contributed by atoms with Crippen molar-refractivity contribution in [2.75, 3.05) is 26.9 Å². The fraction of sp³-hybridized carbons (Fsp3) is 0.474. The molecule has 2 N–H and O–H groups in total. The first-order chi connectivity index (χ1) is 12.6. The number of aromatic nitrogens is 1. The minimum Gasteiger partial charge on any atom is -0.491 e. The Labute approximate surface area is 159 Å². The summed E-state index contributed by atoms with van der Waals surface area (Å²) in [5, 5.41) is 7.71. The van der Waals surface area contributed by atoms with Gasteiger partial charge in [0.2, 0.25) is 0 Å². The Morgan fingerprint density at radius 3 is 2.69 bits per heavy atom. The van der Waals surface area contributed by atoms with Gasteiger partial charge in [0.1, 0.15) is 12.4 Å². The summed E-state index contributed by atoms with van der Waals surface area (Å²) in [7, 11) is 1.77. The van der Waals surface area contributed by atoms with E-state index in [-0.39, 0.29) is 0 Å². The van der Waals surface area contributed by atoms with Gasteiger partial charge < -0.3 is 20.1 Å². The zero-order valence-electron chi connectivity index (χ0n) is 16.0. The van der Waals surface area contributed by atoms with Gasteiger partial charge in [0.05, 0.1) is 18.2 Å². The molecule has 6 nitrogen and oxygen atoms in total. The van der Waals surface area contributed by atoms with Gasteiger partial charge in [-0.15, -0.1) is 11.3 Å². The summed E-state index contributed by atoms with van der Waals surface area (Å²) in [6, 6.07) is 6.22. The van der Waals surface area contributed by atoms with Crippen LogP contribution in [0.25, 0.3) is 0 Å². The molecule has 7 heteroatoms. The summed E-state index contributed by atoms with van der Waals surface area (Å²) < 4.78 is 11.2. The molecule has 0 spiro atoms. The van der Waals surface area contributed by atoms with Crippen LogP contribution in [0.15, 0.2) is 29.4 Å². The molecule has 0 atom stereocenters. The van der Waals surface area contributed by atoms with Crippen LogP contribution >= 0.6 is 11.3 Å². The van der Waals surface area contributed by atoms with Crippen LogP contribution in [0.1, 0.15) is 27.9 Å². The molecule has 2 aromatic rings. The number of aliphatic imine (C=N–C) groups is 1. The zero-order valence-corrected chi connectivity index (χ0v) is 16.8. The van der Waals surface area contributed by atoms with Gasteiger partial charge in [-0.1, -0.05) is 12.1 Å². The van der Waals surface area contributed by atoms with Crippen LogP contribution in [0.5, 0.6) is 5.75 Å². The Morgan fingerprint density at radius 2 is 2.00 bits per heavy atom. The third-order valence-electron chi connectivity index (χ3n) is 3.68. The van der Waals surface area contributed by atoms with Gasteiger partial charge >= 0.3 is 0 Å². The zero-order chi connectivity index (χ0) is 18.8. The Balaban J connectivity index is 1.89. The van der Waals surface area contributed by atoms with Gasteiger partial charge in [0.15, 0.2) is 5.96 Å². The fourth-order valence-corrected chi connectivity index (χ4v) is 3.09.